The highest BCUT2D eigenvalue weighted by molar-refractivity contribution is 6.35. The Labute approximate surface area is 154 Å². The van der Waals surface area contributed by atoms with E-state index in [4.69, 9.17) is 33.3 Å². The number of rotatable bonds is 1. The smallest absolute Gasteiger partial charge is 0.205 e. The quantitative estimate of drug-likeness (QED) is 0.643. The Morgan fingerprint density at radius 3 is 2.68 bits per heavy atom. The van der Waals surface area contributed by atoms with E-state index in [1.807, 2.05) is 24.3 Å². The number of nitrogens with one attached hydrogen (secondary N) is 1. The Kier molecular flexibility index (Phi) is 3.84. The van der Waals surface area contributed by atoms with E-state index in [9.17, 15) is 5.26 Å². The van der Waals surface area contributed by atoms with E-state index in [1.165, 1.54) is 0 Å². The number of benzene rings is 2. The molecule has 2 heterocycles. The highest BCUT2D eigenvalue weighted by Crippen LogP contribution is 2.46. The van der Waals surface area contributed by atoms with Gasteiger partial charge in [-0.25, -0.2) is 0 Å². The average molecular weight is 368 g/mol. The fraction of sp³-hybridized carbons (Fsp3) is 0.105. The molecule has 0 aliphatic carbocycles. The molecule has 0 bridgehead atoms. The molecule has 1 N–H and O–H groups in total. The van der Waals surface area contributed by atoms with Crippen molar-refractivity contribution in [1.29, 1.82) is 10.7 Å². The van der Waals surface area contributed by atoms with Gasteiger partial charge in [0, 0.05) is 33.1 Å². The van der Waals surface area contributed by atoms with Crippen molar-refractivity contribution in [3.05, 3.63) is 69.8 Å². The zero-order valence-corrected chi connectivity index (χ0v) is 14.3. The van der Waals surface area contributed by atoms with Crippen LogP contribution in [-0.2, 0) is 0 Å². The summed E-state index contributed by atoms with van der Waals surface area (Å²) >= 11 is 12.4. The maximum Gasteiger partial charge on any atom is 0.205 e. The number of hydrogen-bond acceptors (Lipinski definition) is 4. The van der Waals surface area contributed by atoms with Crippen molar-refractivity contribution >= 4 is 40.0 Å². The fourth-order valence-corrected chi connectivity index (χ4v) is 3.75. The van der Waals surface area contributed by atoms with Crippen molar-refractivity contribution in [1.82, 2.24) is 4.98 Å². The SMILES string of the molecule is N#CC1C(=N)Oc2c(ccc3cccnc23)C1c1ccc(Cl)cc1Cl. The largest absolute Gasteiger partial charge is 0.440 e. The highest BCUT2D eigenvalue weighted by Gasteiger charge is 2.38. The van der Waals surface area contributed by atoms with Crippen LogP contribution < -0.4 is 4.74 Å². The molecule has 4 nitrogen and oxygen atoms in total. The summed E-state index contributed by atoms with van der Waals surface area (Å²) in [5.74, 6) is -0.792. The fourth-order valence-electron chi connectivity index (χ4n) is 3.22. The number of pyridine rings is 1. The van der Waals surface area contributed by atoms with E-state index in [0.29, 0.717) is 21.3 Å². The van der Waals surface area contributed by atoms with Gasteiger partial charge in [0.1, 0.15) is 11.4 Å². The second-order valence-corrected chi connectivity index (χ2v) is 6.62. The monoisotopic (exact) mass is 367 g/mol. The predicted molar refractivity (Wildman–Crippen MR) is 97.5 cm³/mol. The van der Waals surface area contributed by atoms with Gasteiger partial charge in [0.15, 0.2) is 5.75 Å². The van der Waals surface area contributed by atoms with E-state index >= 15 is 0 Å². The first-order chi connectivity index (χ1) is 12.1. The van der Waals surface area contributed by atoms with Crippen LogP contribution in [-0.4, -0.2) is 10.9 Å². The van der Waals surface area contributed by atoms with Crippen LogP contribution in [0.3, 0.4) is 0 Å². The lowest BCUT2D eigenvalue weighted by molar-refractivity contribution is 0.454. The first-order valence-electron chi connectivity index (χ1n) is 7.58. The van der Waals surface area contributed by atoms with Crippen molar-refractivity contribution in [2.75, 3.05) is 0 Å². The molecule has 2 unspecified atom stereocenters. The lowest BCUT2D eigenvalue weighted by atomic mass is 9.78. The molecule has 6 heteroatoms. The third-order valence-electron chi connectivity index (χ3n) is 4.36. The van der Waals surface area contributed by atoms with Gasteiger partial charge in [-0.15, -0.1) is 0 Å². The lowest BCUT2D eigenvalue weighted by Crippen LogP contribution is -2.31. The molecule has 1 aliphatic rings. The summed E-state index contributed by atoms with van der Waals surface area (Å²) in [4.78, 5) is 4.39. The molecule has 0 saturated heterocycles. The van der Waals surface area contributed by atoms with Crippen LogP contribution in [0.2, 0.25) is 10.0 Å². The first kappa shape index (κ1) is 15.9. The third-order valence-corrected chi connectivity index (χ3v) is 4.92. The minimum absolute atomic E-state index is 0.107. The zero-order valence-electron chi connectivity index (χ0n) is 12.8. The standard InChI is InChI=1S/C19H11Cl2N3O/c20-11-4-6-12(15(21)8-11)16-13-5-3-10-2-1-7-24-17(10)18(13)25-19(23)14(16)9-22/h1-8,14,16,23H. The second-order valence-electron chi connectivity index (χ2n) is 5.78. The number of halogens is 2. The Hall–Kier alpha value is -2.61. The molecule has 0 saturated carbocycles. The van der Waals surface area contributed by atoms with Crippen molar-refractivity contribution in [3.8, 4) is 11.8 Å². The average Bonchev–Trinajstić information content (AvgIpc) is 2.61. The van der Waals surface area contributed by atoms with Crippen molar-refractivity contribution in [2.45, 2.75) is 5.92 Å². The van der Waals surface area contributed by atoms with Crippen LogP contribution in [0.15, 0.2) is 48.7 Å². The molecule has 2 atom stereocenters. The minimum atomic E-state index is -0.771. The van der Waals surface area contributed by atoms with E-state index in [1.54, 1.807) is 24.4 Å². The summed E-state index contributed by atoms with van der Waals surface area (Å²) in [6, 6.07) is 15.0. The van der Waals surface area contributed by atoms with Gasteiger partial charge in [-0.1, -0.05) is 47.5 Å². The molecular weight excluding hydrogens is 357 g/mol. The number of fused-ring (bicyclic) bond motifs is 3. The normalized spacial score (nSPS) is 19.2. The number of hydrogen-bond donors (Lipinski definition) is 1. The molecular formula is C19H11Cl2N3O. The molecule has 3 aromatic rings. The van der Waals surface area contributed by atoms with Crippen LogP contribution in [0.1, 0.15) is 17.0 Å². The summed E-state index contributed by atoms with van der Waals surface area (Å²) in [7, 11) is 0. The summed E-state index contributed by atoms with van der Waals surface area (Å²) in [5.41, 5.74) is 2.19. The van der Waals surface area contributed by atoms with Gasteiger partial charge < -0.3 is 4.74 Å². The molecule has 0 amide bonds. The van der Waals surface area contributed by atoms with E-state index in [2.05, 4.69) is 11.1 Å². The number of ether oxygens (including phenoxy) is 1. The van der Waals surface area contributed by atoms with E-state index < -0.39 is 11.8 Å². The first-order valence-corrected chi connectivity index (χ1v) is 8.34. The molecule has 1 aliphatic heterocycles. The molecule has 0 fully saturated rings. The summed E-state index contributed by atoms with van der Waals surface area (Å²) < 4.78 is 5.69. The second kappa shape index (κ2) is 6.03. The van der Waals surface area contributed by atoms with E-state index in [-0.39, 0.29) is 5.90 Å². The number of nitriles is 1. The molecule has 122 valence electrons. The maximum atomic E-state index is 9.62. The van der Waals surface area contributed by atoms with Crippen molar-refractivity contribution in [2.24, 2.45) is 5.92 Å². The maximum absolute atomic E-state index is 9.62. The lowest BCUT2D eigenvalue weighted by Gasteiger charge is -2.31. The van der Waals surface area contributed by atoms with Crippen molar-refractivity contribution < 1.29 is 4.74 Å². The van der Waals surface area contributed by atoms with Crippen LogP contribution in [0, 0.1) is 22.7 Å². The summed E-state index contributed by atoms with van der Waals surface area (Å²) in [6.45, 7) is 0. The molecule has 0 radical (unpaired) electrons. The van der Waals surface area contributed by atoms with Crippen LogP contribution in [0.5, 0.6) is 5.75 Å². The van der Waals surface area contributed by atoms with E-state index in [0.717, 1.165) is 16.5 Å². The molecule has 4 rings (SSSR count). The number of aromatic nitrogens is 1. The summed E-state index contributed by atoms with van der Waals surface area (Å²) in [5, 5.41) is 19.7. The molecule has 25 heavy (non-hydrogen) atoms. The molecule has 1 aromatic heterocycles. The summed E-state index contributed by atoms with van der Waals surface area (Å²) in [6.07, 6.45) is 1.68. The van der Waals surface area contributed by atoms with Crippen LogP contribution in [0.25, 0.3) is 10.9 Å². The van der Waals surface area contributed by atoms with Gasteiger partial charge in [-0.2, -0.15) is 5.26 Å². The van der Waals surface area contributed by atoms with Crippen molar-refractivity contribution in [3.63, 3.8) is 0 Å². The highest BCUT2D eigenvalue weighted by atomic mass is 35.5. The van der Waals surface area contributed by atoms with Gasteiger partial charge in [-0.05, 0) is 23.8 Å². The van der Waals surface area contributed by atoms with Gasteiger partial charge in [0.25, 0.3) is 0 Å². The van der Waals surface area contributed by atoms with Gasteiger partial charge in [0.2, 0.25) is 5.90 Å². The zero-order chi connectivity index (χ0) is 17.6. The van der Waals surface area contributed by atoms with Gasteiger partial charge >= 0.3 is 0 Å². The Balaban J connectivity index is 2.01. The molecule has 2 aromatic carbocycles. The minimum Gasteiger partial charge on any atom is -0.440 e. The Bertz CT molecular complexity index is 1060. The van der Waals surface area contributed by atoms with Gasteiger partial charge in [0.05, 0.1) is 6.07 Å². The predicted octanol–water partition coefficient (Wildman–Crippen LogP) is 5.18. The van der Waals surface area contributed by atoms with Crippen LogP contribution in [0.4, 0.5) is 0 Å². The topological polar surface area (TPSA) is 69.8 Å². The van der Waals surface area contributed by atoms with Gasteiger partial charge in [-0.3, -0.25) is 10.4 Å². The molecule has 0 spiro atoms. The Morgan fingerprint density at radius 2 is 1.92 bits per heavy atom. The Morgan fingerprint density at radius 1 is 1.12 bits per heavy atom. The number of nitrogens with zero attached hydrogens (tertiary/aromatic N) is 2. The van der Waals surface area contributed by atoms with Crippen LogP contribution >= 0.6 is 23.2 Å². The third kappa shape index (κ3) is 2.53.